The zero-order valence-electron chi connectivity index (χ0n) is 8.53. The number of hydrogen-bond donors (Lipinski definition) is 2. The van der Waals surface area contributed by atoms with Crippen molar-refractivity contribution in [2.24, 2.45) is 5.73 Å². The molecule has 0 saturated heterocycles. The Labute approximate surface area is 83.3 Å². The number of nitrogens with two attached hydrogens (primary N) is 1. The number of hydrogen-bond acceptors (Lipinski definition) is 3. The smallest absolute Gasteiger partial charge is 0.216 e. The van der Waals surface area contributed by atoms with Gasteiger partial charge in [-0.1, -0.05) is 0 Å². The number of carbonyl (C=O) groups is 1. The van der Waals surface area contributed by atoms with Gasteiger partial charge in [0, 0.05) is 32.3 Å². The molecule has 1 amide bonds. The Morgan fingerprint density at radius 2 is 2.50 bits per heavy atom. The molecule has 1 heterocycles. The van der Waals surface area contributed by atoms with E-state index in [1.54, 1.807) is 12.5 Å². The van der Waals surface area contributed by atoms with Crippen LogP contribution in [0.1, 0.15) is 25.6 Å². The highest BCUT2D eigenvalue weighted by atomic mass is 16.1. The molecule has 3 N–H and O–H groups in total. The lowest BCUT2D eigenvalue weighted by Crippen LogP contribution is -2.25. The standard InChI is InChI=1S/C9H16N4O/c1-7(10)9-5-11-6-13(9)4-3-12-8(2)14/h5-7H,3-4,10H2,1-2H3,(H,12,14)/t7-/m0/s1. The van der Waals surface area contributed by atoms with Gasteiger partial charge >= 0.3 is 0 Å². The van der Waals surface area contributed by atoms with E-state index in [9.17, 15) is 4.79 Å². The predicted molar refractivity (Wildman–Crippen MR) is 53.5 cm³/mol. The fraction of sp³-hybridized carbons (Fsp3) is 0.556. The van der Waals surface area contributed by atoms with Gasteiger partial charge < -0.3 is 15.6 Å². The number of carbonyl (C=O) groups excluding carboxylic acids is 1. The van der Waals surface area contributed by atoms with Crippen LogP contribution in [0, 0.1) is 0 Å². The van der Waals surface area contributed by atoms with Crippen LogP contribution in [0.25, 0.3) is 0 Å². The van der Waals surface area contributed by atoms with E-state index in [0.717, 1.165) is 5.69 Å². The maximum absolute atomic E-state index is 10.6. The second-order valence-corrected chi connectivity index (χ2v) is 3.28. The third kappa shape index (κ3) is 2.85. The molecule has 1 atom stereocenters. The fourth-order valence-corrected chi connectivity index (χ4v) is 1.25. The van der Waals surface area contributed by atoms with Crippen molar-refractivity contribution in [3.05, 3.63) is 18.2 Å². The van der Waals surface area contributed by atoms with Gasteiger partial charge in [-0.3, -0.25) is 4.79 Å². The highest BCUT2D eigenvalue weighted by Crippen LogP contribution is 2.07. The highest BCUT2D eigenvalue weighted by Gasteiger charge is 2.05. The van der Waals surface area contributed by atoms with Crippen molar-refractivity contribution >= 4 is 5.91 Å². The third-order valence-corrected chi connectivity index (χ3v) is 1.94. The number of nitrogens with one attached hydrogen (secondary N) is 1. The van der Waals surface area contributed by atoms with Gasteiger partial charge in [0.25, 0.3) is 0 Å². The van der Waals surface area contributed by atoms with Gasteiger partial charge in [0.05, 0.1) is 12.0 Å². The van der Waals surface area contributed by atoms with Crippen molar-refractivity contribution in [2.45, 2.75) is 26.4 Å². The molecule has 78 valence electrons. The Balaban J connectivity index is 2.50. The Hall–Kier alpha value is -1.36. The number of imidazole rings is 1. The van der Waals surface area contributed by atoms with Gasteiger partial charge in [0.2, 0.25) is 5.91 Å². The topological polar surface area (TPSA) is 72.9 Å². The SMILES string of the molecule is CC(=O)NCCn1cncc1[C@H](C)N. The van der Waals surface area contributed by atoms with Crippen molar-refractivity contribution in [1.29, 1.82) is 0 Å². The Morgan fingerprint density at radius 3 is 3.07 bits per heavy atom. The molecule has 0 aromatic carbocycles. The second kappa shape index (κ2) is 4.76. The molecule has 0 bridgehead atoms. The van der Waals surface area contributed by atoms with E-state index < -0.39 is 0 Å². The van der Waals surface area contributed by atoms with Crippen LogP contribution in [-0.4, -0.2) is 22.0 Å². The summed E-state index contributed by atoms with van der Waals surface area (Å²) in [5.41, 5.74) is 6.72. The minimum absolute atomic E-state index is 0.0209. The molecule has 5 heteroatoms. The average molecular weight is 196 g/mol. The fourth-order valence-electron chi connectivity index (χ4n) is 1.25. The molecule has 0 aliphatic carbocycles. The normalized spacial score (nSPS) is 12.5. The molecule has 0 spiro atoms. The molecule has 0 aliphatic rings. The highest BCUT2D eigenvalue weighted by molar-refractivity contribution is 5.72. The Morgan fingerprint density at radius 1 is 1.79 bits per heavy atom. The largest absolute Gasteiger partial charge is 0.355 e. The van der Waals surface area contributed by atoms with Crippen LogP contribution < -0.4 is 11.1 Å². The lowest BCUT2D eigenvalue weighted by atomic mass is 10.3. The maximum Gasteiger partial charge on any atom is 0.216 e. The van der Waals surface area contributed by atoms with Crippen LogP contribution in [0.15, 0.2) is 12.5 Å². The van der Waals surface area contributed by atoms with Gasteiger partial charge in [0.15, 0.2) is 0 Å². The van der Waals surface area contributed by atoms with E-state index in [4.69, 9.17) is 5.73 Å². The van der Waals surface area contributed by atoms with Crippen molar-refractivity contribution in [3.63, 3.8) is 0 Å². The summed E-state index contributed by atoms with van der Waals surface area (Å²) in [6, 6.07) is -0.0326. The molecule has 14 heavy (non-hydrogen) atoms. The van der Waals surface area contributed by atoms with Crippen LogP contribution in [-0.2, 0) is 11.3 Å². The van der Waals surface area contributed by atoms with Crippen molar-refractivity contribution in [3.8, 4) is 0 Å². The van der Waals surface area contributed by atoms with Crippen LogP contribution in [0.5, 0.6) is 0 Å². The third-order valence-electron chi connectivity index (χ3n) is 1.94. The lowest BCUT2D eigenvalue weighted by Gasteiger charge is -2.10. The van der Waals surface area contributed by atoms with E-state index in [0.29, 0.717) is 13.1 Å². The van der Waals surface area contributed by atoms with Gasteiger partial charge in [-0.05, 0) is 6.92 Å². The van der Waals surface area contributed by atoms with Gasteiger partial charge in [0.1, 0.15) is 0 Å². The van der Waals surface area contributed by atoms with Crippen molar-refractivity contribution < 1.29 is 4.79 Å². The zero-order chi connectivity index (χ0) is 10.6. The quantitative estimate of drug-likeness (QED) is 0.714. The summed E-state index contributed by atoms with van der Waals surface area (Å²) in [5.74, 6) is -0.0209. The first kappa shape index (κ1) is 10.7. The molecule has 1 aromatic heterocycles. The first-order valence-corrected chi connectivity index (χ1v) is 4.61. The molecule has 0 fully saturated rings. The molecule has 0 unspecified atom stereocenters. The molecule has 1 aromatic rings. The molecule has 0 radical (unpaired) electrons. The molecule has 0 aliphatic heterocycles. The Kier molecular flexibility index (Phi) is 3.64. The van der Waals surface area contributed by atoms with E-state index in [1.807, 2.05) is 11.5 Å². The van der Waals surface area contributed by atoms with Gasteiger partial charge in [-0.2, -0.15) is 0 Å². The van der Waals surface area contributed by atoms with E-state index in [-0.39, 0.29) is 11.9 Å². The summed E-state index contributed by atoms with van der Waals surface area (Å²) in [4.78, 5) is 14.6. The zero-order valence-corrected chi connectivity index (χ0v) is 8.53. The first-order valence-electron chi connectivity index (χ1n) is 4.61. The lowest BCUT2D eigenvalue weighted by molar-refractivity contribution is -0.118. The average Bonchev–Trinajstić information content (AvgIpc) is 2.51. The van der Waals surface area contributed by atoms with Crippen LogP contribution >= 0.6 is 0 Å². The molecule has 0 saturated carbocycles. The maximum atomic E-state index is 10.6. The van der Waals surface area contributed by atoms with Crippen LogP contribution in [0.3, 0.4) is 0 Å². The Bertz CT molecular complexity index is 306. The molecule has 1 rings (SSSR count). The van der Waals surface area contributed by atoms with Gasteiger partial charge in [-0.15, -0.1) is 0 Å². The van der Waals surface area contributed by atoms with Crippen molar-refractivity contribution in [1.82, 2.24) is 14.9 Å². The minimum Gasteiger partial charge on any atom is -0.355 e. The summed E-state index contributed by atoms with van der Waals surface area (Å²) in [7, 11) is 0. The van der Waals surface area contributed by atoms with E-state index in [1.165, 1.54) is 6.92 Å². The van der Waals surface area contributed by atoms with Gasteiger partial charge in [-0.25, -0.2) is 4.98 Å². The van der Waals surface area contributed by atoms with Crippen molar-refractivity contribution in [2.75, 3.05) is 6.54 Å². The number of rotatable bonds is 4. The van der Waals surface area contributed by atoms with Crippen LogP contribution in [0.4, 0.5) is 0 Å². The predicted octanol–water partition coefficient (Wildman–Crippen LogP) is 0.0389. The molecule has 5 nitrogen and oxygen atoms in total. The molecular weight excluding hydrogens is 180 g/mol. The summed E-state index contributed by atoms with van der Waals surface area (Å²) < 4.78 is 1.95. The number of aromatic nitrogens is 2. The second-order valence-electron chi connectivity index (χ2n) is 3.28. The van der Waals surface area contributed by atoms with E-state index in [2.05, 4.69) is 10.3 Å². The summed E-state index contributed by atoms with van der Waals surface area (Å²) in [5, 5.41) is 2.72. The summed E-state index contributed by atoms with van der Waals surface area (Å²) >= 11 is 0. The monoisotopic (exact) mass is 196 g/mol. The molecular formula is C9H16N4O. The van der Waals surface area contributed by atoms with E-state index >= 15 is 0 Å². The summed E-state index contributed by atoms with van der Waals surface area (Å²) in [6.07, 6.45) is 3.47. The number of nitrogens with zero attached hydrogens (tertiary/aromatic N) is 2. The van der Waals surface area contributed by atoms with Crippen LogP contribution in [0.2, 0.25) is 0 Å². The first-order chi connectivity index (χ1) is 6.61. The minimum atomic E-state index is -0.0326. The number of amides is 1. The summed E-state index contributed by atoms with van der Waals surface area (Å²) in [6.45, 7) is 4.72.